The fourth-order valence-corrected chi connectivity index (χ4v) is 3.84. The zero-order valence-corrected chi connectivity index (χ0v) is 13.8. The number of thiazole rings is 2. The largest absolute Gasteiger partial charge is 0.382 e. The van der Waals surface area contributed by atoms with Crippen LogP contribution in [0.1, 0.15) is 34.4 Å². The van der Waals surface area contributed by atoms with Gasteiger partial charge < -0.3 is 11.1 Å². The van der Waals surface area contributed by atoms with Crippen LogP contribution in [-0.2, 0) is 0 Å². The van der Waals surface area contributed by atoms with Crippen LogP contribution in [0.5, 0.6) is 0 Å². The molecule has 0 radical (unpaired) electrons. The zero-order chi connectivity index (χ0) is 15.5. The summed E-state index contributed by atoms with van der Waals surface area (Å²) in [4.78, 5) is 21.7. The number of unbranched alkanes of at least 4 members (excludes halogenated alkanes) is 1. The number of fused-ring (bicyclic) bond motifs is 1. The quantitative estimate of drug-likeness (QED) is 0.530. The van der Waals surface area contributed by atoms with Crippen LogP contribution in [0.25, 0.3) is 10.2 Å². The molecule has 3 N–H and O–H groups in total. The van der Waals surface area contributed by atoms with Crippen molar-refractivity contribution in [2.75, 3.05) is 17.6 Å². The first kappa shape index (κ1) is 14.9. The highest BCUT2D eigenvalue weighted by atomic mass is 32.1. The van der Waals surface area contributed by atoms with Crippen LogP contribution in [0.3, 0.4) is 0 Å². The summed E-state index contributed by atoms with van der Waals surface area (Å²) in [5, 5.41) is 4.34. The van der Waals surface area contributed by atoms with E-state index in [2.05, 4.69) is 22.2 Å². The van der Waals surface area contributed by atoms with Gasteiger partial charge in [-0.15, -0.1) is 11.3 Å². The number of nitrogen functional groups attached to an aromatic ring is 1. The number of ketones is 1. The summed E-state index contributed by atoms with van der Waals surface area (Å²) in [5.74, 6) is 0.119. The molecule has 0 spiro atoms. The Hall–Kier alpha value is -1.99. The summed E-state index contributed by atoms with van der Waals surface area (Å²) >= 11 is 2.67. The number of carbonyl (C=O) groups is 1. The van der Waals surface area contributed by atoms with Crippen LogP contribution in [0.15, 0.2) is 24.3 Å². The summed E-state index contributed by atoms with van der Waals surface area (Å²) in [6.07, 6.45) is 2.16. The predicted octanol–water partition coefficient (Wildman–Crippen LogP) is 3.78. The van der Waals surface area contributed by atoms with E-state index in [0.29, 0.717) is 15.0 Å². The van der Waals surface area contributed by atoms with Crippen LogP contribution < -0.4 is 11.1 Å². The maximum Gasteiger partial charge on any atom is 0.235 e. The van der Waals surface area contributed by atoms with Crippen molar-refractivity contribution in [1.29, 1.82) is 0 Å². The van der Waals surface area contributed by atoms with E-state index in [1.54, 1.807) is 0 Å². The average Bonchev–Trinajstić information content (AvgIpc) is 3.10. The highest BCUT2D eigenvalue weighted by Gasteiger charge is 2.21. The molecule has 7 heteroatoms. The van der Waals surface area contributed by atoms with Gasteiger partial charge in [-0.05, 0) is 18.6 Å². The lowest BCUT2D eigenvalue weighted by atomic mass is 10.3. The van der Waals surface area contributed by atoms with E-state index in [1.807, 2.05) is 24.3 Å². The second kappa shape index (κ2) is 6.41. The summed E-state index contributed by atoms with van der Waals surface area (Å²) < 4.78 is 0.996. The molecule has 0 amide bonds. The molecule has 0 saturated heterocycles. The normalized spacial score (nSPS) is 11.0. The molecule has 2 aromatic heterocycles. The summed E-state index contributed by atoms with van der Waals surface area (Å²) in [6.45, 7) is 2.96. The molecule has 3 rings (SSSR count). The number of nitrogens with two attached hydrogens (primary N) is 1. The number of para-hydroxylation sites is 1. The third-order valence-corrected chi connectivity index (χ3v) is 5.22. The van der Waals surface area contributed by atoms with Crippen molar-refractivity contribution >= 4 is 49.6 Å². The Morgan fingerprint density at radius 1 is 1.27 bits per heavy atom. The topological polar surface area (TPSA) is 80.9 Å². The van der Waals surface area contributed by atoms with Gasteiger partial charge in [0.25, 0.3) is 0 Å². The van der Waals surface area contributed by atoms with Crippen LogP contribution in [0.4, 0.5) is 10.9 Å². The van der Waals surface area contributed by atoms with E-state index in [1.165, 1.54) is 22.7 Å². The van der Waals surface area contributed by atoms with Gasteiger partial charge in [-0.2, -0.15) is 0 Å². The van der Waals surface area contributed by atoms with Crippen molar-refractivity contribution in [2.24, 2.45) is 0 Å². The predicted molar refractivity (Wildman–Crippen MR) is 93.0 cm³/mol. The molecule has 2 heterocycles. The Labute approximate surface area is 136 Å². The van der Waals surface area contributed by atoms with Crippen molar-refractivity contribution < 1.29 is 4.79 Å². The molecule has 0 saturated carbocycles. The van der Waals surface area contributed by atoms with E-state index in [9.17, 15) is 4.79 Å². The van der Waals surface area contributed by atoms with Crippen LogP contribution in [-0.4, -0.2) is 22.3 Å². The van der Waals surface area contributed by atoms with Crippen molar-refractivity contribution in [2.45, 2.75) is 19.8 Å². The van der Waals surface area contributed by atoms with E-state index in [-0.39, 0.29) is 11.6 Å². The third kappa shape index (κ3) is 2.95. The maximum atomic E-state index is 12.6. The number of nitrogens with zero attached hydrogens (tertiary/aromatic N) is 2. The SMILES string of the molecule is CCCCNc1nc(N)c(C(=O)c2nc3ccccc3s2)s1. The molecule has 1 aromatic carbocycles. The van der Waals surface area contributed by atoms with Gasteiger partial charge in [0.1, 0.15) is 10.7 Å². The maximum absolute atomic E-state index is 12.6. The number of anilines is 2. The van der Waals surface area contributed by atoms with Gasteiger partial charge in [0.2, 0.25) is 5.78 Å². The minimum atomic E-state index is -0.153. The smallest absolute Gasteiger partial charge is 0.235 e. The average molecular weight is 332 g/mol. The molecule has 0 aliphatic carbocycles. The van der Waals surface area contributed by atoms with Crippen molar-refractivity contribution in [3.05, 3.63) is 34.2 Å². The number of aromatic nitrogens is 2. The molecule has 0 aliphatic heterocycles. The van der Waals surface area contributed by atoms with Gasteiger partial charge in [-0.1, -0.05) is 36.8 Å². The Morgan fingerprint density at radius 3 is 2.86 bits per heavy atom. The van der Waals surface area contributed by atoms with Crippen LogP contribution >= 0.6 is 22.7 Å². The van der Waals surface area contributed by atoms with Gasteiger partial charge >= 0.3 is 0 Å². The number of carbonyl (C=O) groups excluding carboxylic acids is 1. The molecule has 3 aromatic rings. The van der Waals surface area contributed by atoms with Crippen molar-refractivity contribution in [3.63, 3.8) is 0 Å². The molecule has 114 valence electrons. The molecule has 0 atom stereocenters. The molecule has 0 fully saturated rings. The number of rotatable bonds is 6. The van der Waals surface area contributed by atoms with Gasteiger partial charge in [0.15, 0.2) is 10.1 Å². The number of nitrogens with one attached hydrogen (secondary N) is 1. The molecule has 5 nitrogen and oxygen atoms in total. The van der Waals surface area contributed by atoms with Gasteiger partial charge in [0, 0.05) is 6.54 Å². The Balaban J connectivity index is 1.85. The zero-order valence-electron chi connectivity index (χ0n) is 12.1. The van der Waals surface area contributed by atoms with Gasteiger partial charge in [-0.3, -0.25) is 4.79 Å². The first-order valence-corrected chi connectivity index (χ1v) is 8.72. The highest BCUT2D eigenvalue weighted by molar-refractivity contribution is 7.22. The van der Waals surface area contributed by atoms with E-state index >= 15 is 0 Å². The molecular weight excluding hydrogens is 316 g/mol. The lowest BCUT2D eigenvalue weighted by molar-refractivity contribution is 0.104. The summed E-state index contributed by atoms with van der Waals surface area (Å²) in [6, 6.07) is 7.70. The van der Waals surface area contributed by atoms with Gasteiger partial charge in [0.05, 0.1) is 10.2 Å². The highest BCUT2D eigenvalue weighted by Crippen LogP contribution is 2.30. The number of hydrogen-bond acceptors (Lipinski definition) is 7. The molecule has 0 aliphatic rings. The Bertz CT molecular complexity index is 776. The monoisotopic (exact) mass is 332 g/mol. The van der Waals surface area contributed by atoms with Gasteiger partial charge in [-0.25, -0.2) is 9.97 Å². The fraction of sp³-hybridized carbons (Fsp3) is 0.267. The first-order valence-electron chi connectivity index (χ1n) is 7.09. The second-order valence-electron chi connectivity index (χ2n) is 4.83. The fourth-order valence-electron chi connectivity index (χ4n) is 2.01. The number of hydrogen-bond donors (Lipinski definition) is 2. The minimum Gasteiger partial charge on any atom is -0.382 e. The second-order valence-corrected chi connectivity index (χ2v) is 6.86. The lowest BCUT2D eigenvalue weighted by Crippen LogP contribution is -2.02. The van der Waals surface area contributed by atoms with E-state index < -0.39 is 0 Å². The minimum absolute atomic E-state index is 0.153. The molecule has 22 heavy (non-hydrogen) atoms. The Kier molecular flexibility index (Phi) is 4.35. The third-order valence-electron chi connectivity index (χ3n) is 3.15. The summed E-state index contributed by atoms with van der Waals surface area (Å²) in [7, 11) is 0. The van der Waals surface area contributed by atoms with Crippen LogP contribution in [0, 0.1) is 0 Å². The van der Waals surface area contributed by atoms with E-state index in [0.717, 1.165) is 29.6 Å². The molecule has 0 bridgehead atoms. The summed E-state index contributed by atoms with van der Waals surface area (Å²) in [5.41, 5.74) is 6.73. The number of benzene rings is 1. The molecule has 0 unspecified atom stereocenters. The standard InChI is InChI=1S/C15H16N4OS2/c1-2-3-8-17-15-19-13(16)12(22-15)11(20)14-18-9-6-4-5-7-10(9)21-14/h4-7H,2-3,8,16H2,1H3,(H,17,19). The van der Waals surface area contributed by atoms with Crippen molar-refractivity contribution in [1.82, 2.24) is 9.97 Å². The van der Waals surface area contributed by atoms with Crippen molar-refractivity contribution in [3.8, 4) is 0 Å². The van der Waals surface area contributed by atoms with Crippen LogP contribution in [0.2, 0.25) is 0 Å². The lowest BCUT2D eigenvalue weighted by Gasteiger charge is -1.98. The van der Waals surface area contributed by atoms with E-state index in [4.69, 9.17) is 5.73 Å². The Morgan fingerprint density at radius 2 is 2.09 bits per heavy atom. The first-order chi connectivity index (χ1) is 10.7. The molecular formula is C15H16N4OS2.